The SMILES string of the molecule is Cc1cc([C@@H]2[C@@H](c3ccccn3)NC(=S)N2c2ccc(Br)cc2)c(C)n1Cc1cccnc1. The van der Waals surface area contributed by atoms with Crippen LogP contribution >= 0.6 is 28.1 Å². The molecule has 1 fully saturated rings. The first-order valence-corrected chi connectivity index (χ1v) is 12.0. The Morgan fingerprint density at radius 1 is 1.03 bits per heavy atom. The molecule has 0 radical (unpaired) electrons. The van der Waals surface area contributed by atoms with E-state index < -0.39 is 0 Å². The fraction of sp³-hybridized carbons (Fsp3) is 0.192. The molecule has 4 heterocycles. The molecule has 2 atom stereocenters. The van der Waals surface area contributed by atoms with Gasteiger partial charge >= 0.3 is 0 Å². The summed E-state index contributed by atoms with van der Waals surface area (Å²) in [6, 6.07) is 20.6. The summed E-state index contributed by atoms with van der Waals surface area (Å²) in [5.41, 5.74) is 6.87. The highest BCUT2D eigenvalue weighted by Crippen LogP contribution is 2.43. The highest BCUT2D eigenvalue weighted by atomic mass is 79.9. The molecular weight excluding hydrogens is 494 g/mol. The van der Waals surface area contributed by atoms with E-state index in [1.165, 1.54) is 22.5 Å². The Morgan fingerprint density at radius 3 is 2.55 bits per heavy atom. The molecule has 7 heteroatoms. The summed E-state index contributed by atoms with van der Waals surface area (Å²) >= 11 is 9.41. The molecule has 5 rings (SSSR count). The second-order valence-electron chi connectivity index (χ2n) is 8.25. The number of rotatable bonds is 5. The smallest absolute Gasteiger partial charge is 0.174 e. The van der Waals surface area contributed by atoms with Crippen LogP contribution in [0.2, 0.25) is 0 Å². The van der Waals surface area contributed by atoms with Crippen LogP contribution in [0, 0.1) is 13.8 Å². The standard InChI is InChI=1S/C26H24BrN5S/c1-17-14-22(18(2)31(17)16-19-6-5-12-28-15-19)25-24(23-7-3-4-13-29-23)30-26(33)32(25)21-10-8-20(27)9-11-21/h3-15,24-25H,16H2,1-2H3,(H,30,33)/t24-,25-/m1/s1. The third kappa shape index (κ3) is 4.18. The zero-order valence-electron chi connectivity index (χ0n) is 18.4. The van der Waals surface area contributed by atoms with Gasteiger partial charge in [-0.25, -0.2) is 0 Å². The summed E-state index contributed by atoms with van der Waals surface area (Å²) in [5.74, 6) is 0. The molecule has 1 aromatic carbocycles. The number of hydrogen-bond acceptors (Lipinski definition) is 3. The summed E-state index contributed by atoms with van der Waals surface area (Å²) in [6.07, 6.45) is 5.57. The molecule has 33 heavy (non-hydrogen) atoms. The summed E-state index contributed by atoms with van der Waals surface area (Å²) in [7, 11) is 0. The first-order chi connectivity index (χ1) is 16.0. The molecule has 0 saturated carbocycles. The van der Waals surface area contributed by atoms with Gasteiger partial charge in [0, 0.05) is 46.7 Å². The quantitative estimate of drug-likeness (QED) is 0.334. The maximum absolute atomic E-state index is 5.86. The molecule has 1 aliphatic heterocycles. The van der Waals surface area contributed by atoms with Crippen LogP contribution < -0.4 is 10.2 Å². The molecule has 0 unspecified atom stereocenters. The summed E-state index contributed by atoms with van der Waals surface area (Å²) < 4.78 is 3.39. The molecule has 5 nitrogen and oxygen atoms in total. The Kier molecular flexibility index (Phi) is 6.00. The number of nitrogens with zero attached hydrogens (tertiary/aromatic N) is 4. The maximum atomic E-state index is 5.86. The third-order valence-electron chi connectivity index (χ3n) is 6.20. The summed E-state index contributed by atoms with van der Waals surface area (Å²) in [5, 5.41) is 4.26. The van der Waals surface area contributed by atoms with Crippen molar-refractivity contribution in [3.05, 3.63) is 112 Å². The second-order valence-corrected chi connectivity index (χ2v) is 9.55. The largest absolute Gasteiger partial charge is 0.351 e. The van der Waals surface area contributed by atoms with Crippen LogP contribution in [-0.4, -0.2) is 19.6 Å². The minimum absolute atomic E-state index is 0.0255. The van der Waals surface area contributed by atoms with E-state index in [0.29, 0.717) is 5.11 Å². The van der Waals surface area contributed by atoms with Crippen LogP contribution in [0.3, 0.4) is 0 Å². The Bertz CT molecular complexity index is 1270. The number of thiocarbonyl (C=S) groups is 1. The van der Waals surface area contributed by atoms with Crippen molar-refractivity contribution in [3.63, 3.8) is 0 Å². The Labute approximate surface area is 207 Å². The van der Waals surface area contributed by atoms with Gasteiger partial charge in [0.1, 0.15) is 0 Å². The first-order valence-electron chi connectivity index (χ1n) is 10.8. The summed E-state index contributed by atoms with van der Waals surface area (Å²) in [4.78, 5) is 11.2. The highest BCUT2D eigenvalue weighted by molar-refractivity contribution is 9.10. The predicted octanol–water partition coefficient (Wildman–Crippen LogP) is 5.88. The molecule has 1 N–H and O–H groups in total. The van der Waals surface area contributed by atoms with E-state index in [0.717, 1.165) is 22.4 Å². The predicted molar refractivity (Wildman–Crippen MR) is 139 cm³/mol. The van der Waals surface area contributed by atoms with E-state index in [1.54, 1.807) is 0 Å². The van der Waals surface area contributed by atoms with Gasteiger partial charge in [0.15, 0.2) is 5.11 Å². The number of pyridine rings is 2. The Hall–Kier alpha value is -3.03. The van der Waals surface area contributed by atoms with E-state index in [2.05, 4.69) is 97.0 Å². The van der Waals surface area contributed by atoms with Crippen LogP contribution in [0.15, 0.2) is 83.7 Å². The van der Waals surface area contributed by atoms with E-state index >= 15 is 0 Å². The van der Waals surface area contributed by atoms with Crippen molar-refractivity contribution in [2.75, 3.05) is 4.90 Å². The van der Waals surface area contributed by atoms with Crippen LogP contribution in [0.5, 0.6) is 0 Å². The van der Waals surface area contributed by atoms with E-state index in [4.69, 9.17) is 12.2 Å². The minimum Gasteiger partial charge on any atom is -0.351 e. The van der Waals surface area contributed by atoms with Crippen LogP contribution in [0.1, 0.15) is 40.3 Å². The lowest BCUT2D eigenvalue weighted by Gasteiger charge is -2.28. The molecule has 3 aromatic heterocycles. The van der Waals surface area contributed by atoms with Gasteiger partial charge in [-0.05, 0) is 85.7 Å². The molecule has 166 valence electrons. The Balaban J connectivity index is 1.62. The third-order valence-corrected chi connectivity index (χ3v) is 7.04. The number of halogens is 1. The van der Waals surface area contributed by atoms with Crippen LogP contribution in [0.4, 0.5) is 5.69 Å². The molecule has 1 saturated heterocycles. The molecule has 0 spiro atoms. The topological polar surface area (TPSA) is 46.0 Å². The van der Waals surface area contributed by atoms with Gasteiger partial charge in [-0.1, -0.05) is 28.1 Å². The molecular formula is C26H24BrN5S. The minimum atomic E-state index is -0.0605. The van der Waals surface area contributed by atoms with Gasteiger partial charge in [-0.15, -0.1) is 0 Å². The number of anilines is 1. The molecule has 0 aliphatic carbocycles. The van der Waals surface area contributed by atoms with Crippen LogP contribution in [0.25, 0.3) is 0 Å². The molecule has 0 bridgehead atoms. The van der Waals surface area contributed by atoms with Gasteiger partial charge in [0.05, 0.1) is 17.8 Å². The lowest BCUT2D eigenvalue weighted by Crippen LogP contribution is -2.29. The molecule has 1 aliphatic rings. The first kappa shape index (κ1) is 21.8. The Morgan fingerprint density at radius 2 is 1.85 bits per heavy atom. The lowest BCUT2D eigenvalue weighted by atomic mass is 9.96. The number of nitrogens with one attached hydrogen (secondary N) is 1. The van der Waals surface area contributed by atoms with E-state index in [-0.39, 0.29) is 12.1 Å². The van der Waals surface area contributed by atoms with Gasteiger partial charge in [0.25, 0.3) is 0 Å². The van der Waals surface area contributed by atoms with E-state index in [1.807, 2.05) is 36.8 Å². The van der Waals surface area contributed by atoms with Crippen LogP contribution in [-0.2, 0) is 6.54 Å². The van der Waals surface area contributed by atoms with Gasteiger partial charge < -0.3 is 14.8 Å². The van der Waals surface area contributed by atoms with Gasteiger partial charge in [-0.3, -0.25) is 9.97 Å². The maximum Gasteiger partial charge on any atom is 0.174 e. The van der Waals surface area contributed by atoms with Crippen molar-refractivity contribution >= 4 is 38.9 Å². The number of benzene rings is 1. The van der Waals surface area contributed by atoms with Crippen molar-refractivity contribution in [2.24, 2.45) is 0 Å². The number of aryl methyl sites for hydroxylation is 1. The van der Waals surface area contributed by atoms with Crippen molar-refractivity contribution in [1.29, 1.82) is 0 Å². The zero-order valence-corrected chi connectivity index (χ0v) is 20.8. The summed E-state index contributed by atoms with van der Waals surface area (Å²) in [6.45, 7) is 5.13. The molecule has 4 aromatic rings. The van der Waals surface area contributed by atoms with Gasteiger partial charge in [-0.2, -0.15) is 0 Å². The number of aromatic nitrogens is 3. The monoisotopic (exact) mass is 517 g/mol. The van der Waals surface area contributed by atoms with Gasteiger partial charge in [0.2, 0.25) is 0 Å². The number of hydrogen-bond donors (Lipinski definition) is 1. The normalized spacial score (nSPS) is 17.9. The van der Waals surface area contributed by atoms with E-state index in [9.17, 15) is 0 Å². The van der Waals surface area contributed by atoms with Crippen molar-refractivity contribution in [1.82, 2.24) is 19.9 Å². The van der Waals surface area contributed by atoms with Crippen molar-refractivity contribution in [3.8, 4) is 0 Å². The highest BCUT2D eigenvalue weighted by Gasteiger charge is 2.42. The van der Waals surface area contributed by atoms with Crippen molar-refractivity contribution < 1.29 is 0 Å². The van der Waals surface area contributed by atoms with Crippen molar-refractivity contribution in [2.45, 2.75) is 32.5 Å². The lowest BCUT2D eigenvalue weighted by molar-refractivity contribution is 0.563. The average Bonchev–Trinajstić information content (AvgIpc) is 3.32. The second kappa shape index (κ2) is 9.08. The fourth-order valence-electron chi connectivity index (χ4n) is 4.60. The average molecular weight is 518 g/mol. The zero-order chi connectivity index (χ0) is 22.9. The fourth-order valence-corrected chi connectivity index (χ4v) is 5.21. The molecule has 0 amide bonds.